The molecular formula is C18H26N2O3. The van der Waals surface area contributed by atoms with Gasteiger partial charge in [-0.1, -0.05) is 39.0 Å². The molecule has 2 aromatic rings. The molecule has 126 valence electrons. The molecule has 5 nitrogen and oxygen atoms in total. The highest BCUT2D eigenvalue weighted by Gasteiger charge is 2.20. The van der Waals surface area contributed by atoms with E-state index in [1.807, 2.05) is 30.3 Å². The number of carbonyl (C=O) groups excluding carboxylic acids is 1. The molecule has 1 aromatic heterocycles. The number of para-hydroxylation sites is 1. The molecule has 1 aromatic carbocycles. The maximum Gasteiger partial charge on any atom is 0.317 e. The number of amides is 2. The SMILES string of the molecule is CC(C)(C)CN(CCCO)C(=O)NCc1cc2ccccc2o1. The molecule has 0 saturated carbocycles. The first-order chi connectivity index (χ1) is 10.9. The standard InChI is InChI=1S/C18H26N2O3/c1-18(2,3)13-20(9-6-10-21)17(22)19-12-15-11-14-7-4-5-8-16(14)23-15/h4-5,7-8,11,21H,6,9-10,12-13H2,1-3H3,(H,19,22). The Labute approximate surface area is 137 Å². The van der Waals surface area contributed by atoms with Gasteiger partial charge < -0.3 is 19.7 Å². The lowest BCUT2D eigenvalue weighted by Crippen LogP contribution is -2.44. The third-order valence-electron chi connectivity index (χ3n) is 3.43. The van der Waals surface area contributed by atoms with Gasteiger partial charge in [0.2, 0.25) is 0 Å². The van der Waals surface area contributed by atoms with Gasteiger partial charge in [0.05, 0.1) is 6.54 Å². The van der Waals surface area contributed by atoms with Crippen LogP contribution in [0, 0.1) is 5.41 Å². The Morgan fingerprint density at radius 1 is 1.30 bits per heavy atom. The van der Waals surface area contributed by atoms with Gasteiger partial charge in [-0.05, 0) is 24.0 Å². The first kappa shape index (κ1) is 17.3. The van der Waals surface area contributed by atoms with Gasteiger partial charge in [0.1, 0.15) is 11.3 Å². The fraction of sp³-hybridized carbons (Fsp3) is 0.500. The quantitative estimate of drug-likeness (QED) is 0.858. The minimum Gasteiger partial charge on any atom is -0.459 e. The van der Waals surface area contributed by atoms with Crippen LogP contribution in [0.5, 0.6) is 0 Å². The lowest BCUT2D eigenvalue weighted by molar-refractivity contribution is 0.164. The number of hydrogen-bond acceptors (Lipinski definition) is 3. The van der Waals surface area contributed by atoms with Crippen molar-refractivity contribution >= 4 is 17.0 Å². The van der Waals surface area contributed by atoms with Crippen molar-refractivity contribution in [1.29, 1.82) is 0 Å². The molecule has 2 N–H and O–H groups in total. The zero-order chi connectivity index (χ0) is 16.9. The summed E-state index contributed by atoms with van der Waals surface area (Å²) in [6, 6.07) is 9.59. The molecule has 0 atom stereocenters. The van der Waals surface area contributed by atoms with Crippen molar-refractivity contribution in [1.82, 2.24) is 10.2 Å². The second-order valence-corrected chi connectivity index (χ2v) is 6.97. The Kier molecular flexibility index (Phi) is 5.66. The number of hydrogen-bond donors (Lipinski definition) is 2. The van der Waals surface area contributed by atoms with E-state index in [9.17, 15) is 4.79 Å². The molecule has 0 unspecified atom stereocenters. The van der Waals surface area contributed by atoms with E-state index >= 15 is 0 Å². The first-order valence-electron chi connectivity index (χ1n) is 8.00. The maximum absolute atomic E-state index is 12.4. The number of benzene rings is 1. The predicted molar refractivity (Wildman–Crippen MR) is 91.2 cm³/mol. The minimum atomic E-state index is -0.131. The molecule has 0 aliphatic rings. The predicted octanol–water partition coefficient (Wildman–Crippen LogP) is 3.37. The number of furan rings is 1. The van der Waals surface area contributed by atoms with Crippen LogP contribution in [0.2, 0.25) is 0 Å². The molecule has 0 saturated heterocycles. The first-order valence-corrected chi connectivity index (χ1v) is 8.00. The molecule has 0 aliphatic carbocycles. The van der Waals surface area contributed by atoms with Crippen LogP contribution in [0.25, 0.3) is 11.0 Å². The third kappa shape index (κ3) is 5.28. The number of fused-ring (bicyclic) bond motifs is 1. The highest BCUT2D eigenvalue weighted by molar-refractivity contribution is 5.78. The highest BCUT2D eigenvalue weighted by atomic mass is 16.3. The summed E-state index contributed by atoms with van der Waals surface area (Å²) in [7, 11) is 0. The van der Waals surface area contributed by atoms with E-state index in [0.717, 1.165) is 16.7 Å². The van der Waals surface area contributed by atoms with Crippen LogP contribution in [0.15, 0.2) is 34.7 Å². The molecular weight excluding hydrogens is 292 g/mol. The van der Waals surface area contributed by atoms with Crippen molar-refractivity contribution in [2.75, 3.05) is 19.7 Å². The van der Waals surface area contributed by atoms with Crippen LogP contribution in [0.4, 0.5) is 4.79 Å². The zero-order valence-electron chi connectivity index (χ0n) is 14.1. The molecule has 2 amide bonds. The largest absolute Gasteiger partial charge is 0.459 e. The fourth-order valence-corrected chi connectivity index (χ4v) is 2.49. The van der Waals surface area contributed by atoms with E-state index in [-0.39, 0.29) is 18.1 Å². The summed E-state index contributed by atoms with van der Waals surface area (Å²) in [5, 5.41) is 12.9. The average Bonchev–Trinajstić information content (AvgIpc) is 2.90. The van der Waals surface area contributed by atoms with Crippen molar-refractivity contribution in [3.63, 3.8) is 0 Å². The average molecular weight is 318 g/mol. The Bertz CT molecular complexity index is 610. The monoisotopic (exact) mass is 318 g/mol. The van der Waals surface area contributed by atoms with Gasteiger partial charge in [-0.25, -0.2) is 4.79 Å². The maximum atomic E-state index is 12.4. The van der Waals surface area contributed by atoms with Crippen LogP contribution in [-0.2, 0) is 6.54 Å². The van der Waals surface area contributed by atoms with E-state index in [1.165, 1.54) is 0 Å². The summed E-state index contributed by atoms with van der Waals surface area (Å²) >= 11 is 0. The van der Waals surface area contributed by atoms with Crippen molar-refractivity contribution in [2.24, 2.45) is 5.41 Å². The van der Waals surface area contributed by atoms with Crippen LogP contribution in [0.3, 0.4) is 0 Å². The van der Waals surface area contributed by atoms with Crippen molar-refractivity contribution in [3.05, 3.63) is 36.1 Å². The minimum absolute atomic E-state index is 0.00611. The number of carbonyl (C=O) groups is 1. The summed E-state index contributed by atoms with van der Waals surface area (Å²) < 4.78 is 5.71. The van der Waals surface area contributed by atoms with Gasteiger partial charge in [-0.2, -0.15) is 0 Å². The molecule has 1 heterocycles. The zero-order valence-corrected chi connectivity index (χ0v) is 14.1. The molecule has 2 rings (SSSR count). The lowest BCUT2D eigenvalue weighted by atomic mass is 9.96. The topological polar surface area (TPSA) is 65.7 Å². The van der Waals surface area contributed by atoms with Crippen molar-refractivity contribution in [2.45, 2.75) is 33.7 Å². The third-order valence-corrected chi connectivity index (χ3v) is 3.43. The summed E-state index contributed by atoms with van der Waals surface area (Å²) in [6.07, 6.45) is 0.578. The number of urea groups is 1. The van der Waals surface area contributed by atoms with Gasteiger partial charge >= 0.3 is 6.03 Å². The Morgan fingerprint density at radius 2 is 2.04 bits per heavy atom. The van der Waals surface area contributed by atoms with Crippen LogP contribution in [-0.4, -0.2) is 35.7 Å². The van der Waals surface area contributed by atoms with Gasteiger partial charge in [0.25, 0.3) is 0 Å². The molecule has 0 spiro atoms. The normalized spacial score (nSPS) is 11.7. The van der Waals surface area contributed by atoms with Gasteiger partial charge in [-0.3, -0.25) is 0 Å². The van der Waals surface area contributed by atoms with E-state index in [1.54, 1.807) is 4.90 Å². The van der Waals surface area contributed by atoms with E-state index < -0.39 is 0 Å². The summed E-state index contributed by atoms with van der Waals surface area (Å²) in [4.78, 5) is 14.2. The smallest absolute Gasteiger partial charge is 0.317 e. The fourth-order valence-electron chi connectivity index (χ4n) is 2.49. The summed E-state index contributed by atoms with van der Waals surface area (Å²) in [6.45, 7) is 7.88. The Morgan fingerprint density at radius 3 is 2.70 bits per heavy atom. The van der Waals surface area contributed by atoms with E-state index in [4.69, 9.17) is 9.52 Å². The van der Waals surface area contributed by atoms with Gasteiger partial charge in [-0.15, -0.1) is 0 Å². The van der Waals surface area contributed by atoms with Crippen molar-refractivity contribution < 1.29 is 14.3 Å². The molecule has 0 bridgehead atoms. The number of aliphatic hydroxyl groups excluding tert-OH is 1. The highest BCUT2D eigenvalue weighted by Crippen LogP contribution is 2.19. The molecule has 5 heteroatoms. The second-order valence-electron chi connectivity index (χ2n) is 6.97. The number of nitrogens with one attached hydrogen (secondary N) is 1. The summed E-state index contributed by atoms with van der Waals surface area (Å²) in [5.74, 6) is 0.734. The Hall–Kier alpha value is -2.01. The summed E-state index contributed by atoms with van der Waals surface area (Å²) in [5.41, 5.74) is 0.829. The van der Waals surface area contributed by atoms with Gasteiger partial charge in [0, 0.05) is 25.1 Å². The number of nitrogens with zero attached hydrogens (tertiary/aromatic N) is 1. The van der Waals surface area contributed by atoms with Crippen molar-refractivity contribution in [3.8, 4) is 0 Å². The molecule has 0 fully saturated rings. The van der Waals surface area contributed by atoms with Crippen LogP contribution < -0.4 is 5.32 Å². The second kappa shape index (κ2) is 7.51. The number of rotatable bonds is 6. The lowest BCUT2D eigenvalue weighted by Gasteiger charge is -2.30. The van der Waals surface area contributed by atoms with E-state index in [2.05, 4.69) is 26.1 Å². The molecule has 0 radical (unpaired) electrons. The Balaban J connectivity index is 1.96. The van der Waals surface area contributed by atoms with Crippen LogP contribution in [0.1, 0.15) is 33.0 Å². The van der Waals surface area contributed by atoms with Gasteiger partial charge in [0.15, 0.2) is 0 Å². The van der Waals surface area contributed by atoms with Crippen LogP contribution >= 0.6 is 0 Å². The number of aliphatic hydroxyl groups is 1. The molecule has 23 heavy (non-hydrogen) atoms. The van der Waals surface area contributed by atoms with E-state index in [0.29, 0.717) is 26.1 Å². The molecule has 0 aliphatic heterocycles.